The lowest BCUT2D eigenvalue weighted by atomic mass is 10.1. The van der Waals surface area contributed by atoms with Crippen LogP contribution in [0.15, 0.2) is 48.5 Å². The number of carboxylic acids is 1. The van der Waals surface area contributed by atoms with Gasteiger partial charge in [-0.05, 0) is 24.1 Å². The van der Waals surface area contributed by atoms with Crippen molar-refractivity contribution >= 4 is 5.97 Å². The largest absolute Gasteiger partial charge is 0.489 e. The molecule has 0 aliphatic carbocycles. The summed E-state index contributed by atoms with van der Waals surface area (Å²) in [6.45, 7) is 1.78. The van der Waals surface area contributed by atoms with Crippen LogP contribution in [0.2, 0.25) is 0 Å². The number of hydrogen-bond donors (Lipinski definition) is 2. The molecular formula is C16H16O4. The summed E-state index contributed by atoms with van der Waals surface area (Å²) in [5.41, 5.74) is 1.56. The van der Waals surface area contributed by atoms with Crippen LogP contribution in [0.5, 0.6) is 5.75 Å². The highest BCUT2D eigenvalue weighted by atomic mass is 16.5. The summed E-state index contributed by atoms with van der Waals surface area (Å²) in [6, 6.07) is 14.0. The van der Waals surface area contributed by atoms with Crippen molar-refractivity contribution in [1.82, 2.24) is 0 Å². The molecule has 0 heterocycles. The fourth-order valence-electron chi connectivity index (χ4n) is 1.95. The summed E-state index contributed by atoms with van der Waals surface area (Å²) in [7, 11) is 0. The van der Waals surface area contributed by atoms with E-state index >= 15 is 0 Å². The molecule has 0 aliphatic heterocycles. The fourth-order valence-corrected chi connectivity index (χ4v) is 1.95. The Morgan fingerprint density at radius 3 is 2.50 bits per heavy atom. The van der Waals surface area contributed by atoms with Crippen molar-refractivity contribution in [2.24, 2.45) is 0 Å². The average Bonchev–Trinajstić information content (AvgIpc) is 2.46. The first-order valence-corrected chi connectivity index (χ1v) is 6.28. The van der Waals surface area contributed by atoms with Gasteiger partial charge in [-0.25, -0.2) is 4.79 Å². The minimum absolute atomic E-state index is 0.00907. The molecule has 0 fully saturated rings. The number of aliphatic hydroxyl groups excluding tert-OH is 1. The Bertz CT molecular complexity index is 593. The van der Waals surface area contributed by atoms with Crippen LogP contribution in [-0.4, -0.2) is 22.8 Å². The molecule has 4 heteroatoms. The number of para-hydroxylation sites is 1. The standard InChI is InChI=1S/C16H16O4/c1-11-6-5-9-13(16(18)19)15(11)20-10-14(17)12-7-3-2-4-8-12/h2-9,14,17H,10H2,1H3,(H,18,19). The van der Waals surface area contributed by atoms with E-state index in [1.54, 1.807) is 31.2 Å². The second-order valence-electron chi connectivity index (χ2n) is 4.49. The van der Waals surface area contributed by atoms with E-state index in [1.165, 1.54) is 6.07 Å². The SMILES string of the molecule is Cc1cccc(C(=O)O)c1OCC(O)c1ccccc1. The molecule has 0 radical (unpaired) electrons. The summed E-state index contributed by atoms with van der Waals surface area (Å²) < 4.78 is 5.51. The first-order valence-electron chi connectivity index (χ1n) is 6.28. The van der Waals surface area contributed by atoms with E-state index in [-0.39, 0.29) is 12.2 Å². The van der Waals surface area contributed by atoms with Crippen LogP contribution in [0.1, 0.15) is 27.6 Å². The van der Waals surface area contributed by atoms with Gasteiger partial charge in [0.05, 0.1) is 0 Å². The zero-order valence-corrected chi connectivity index (χ0v) is 11.1. The van der Waals surface area contributed by atoms with Gasteiger partial charge in [-0.1, -0.05) is 42.5 Å². The van der Waals surface area contributed by atoms with Gasteiger partial charge in [0.1, 0.15) is 24.0 Å². The lowest BCUT2D eigenvalue weighted by molar-refractivity contribution is 0.0682. The van der Waals surface area contributed by atoms with Crippen LogP contribution < -0.4 is 4.74 Å². The normalized spacial score (nSPS) is 11.9. The number of hydrogen-bond acceptors (Lipinski definition) is 3. The number of benzene rings is 2. The molecule has 0 aliphatic rings. The molecule has 2 aromatic carbocycles. The second-order valence-corrected chi connectivity index (χ2v) is 4.49. The highest BCUT2D eigenvalue weighted by Crippen LogP contribution is 2.25. The number of carboxylic acid groups (broad SMARTS) is 1. The molecule has 0 bridgehead atoms. The van der Waals surface area contributed by atoms with E-state index in [0.717, 1.165) is 11.1 Å². The van der Waals surface area contributed by atoms with Crippen molar-refractivity contribution in [3.05, 3.63) is 65.2 Å². The van der Waals surface area contributed by atoms with E-state index < -0.39 is 12.1 Å². The van der Waals surface area contributed by atoms with Gasteiger partial charge in [-0.2, -0.15) is 0 Å². The molecule has 2 aromatic rings. The third-order valence-electron chi connectivity index (χ3n) is 3.01. The van der Waals surface area contributed by atoms with Crippen molar-refractivity contribution in [2.45, 2.75) is 13.0 Å². The lowest BCUT2D eigenvalue weighted by Gasteiger charge is -2.15. The van der Waals surface area contributed by atoms with Crippen LogP contribution >= 0.6 is 0 Å². The minimum atomic E-state index is -1.04. The predicted molar refractivity (Wildman–Crippen MR) is 75.0 cm³/mol. The van der Waals surface area contributed by atoms with Gasteiger partial charge in [-0.3, -0.25) is 0 Å². The van der Waals surface area contributed by atoms with Crippen molar-refractivity contribution < 1.29 is 19.7 Å². The highest BCUT2D eigenvalue weighted by Gasteiger charge is 2.15. The number of aromatic carboxylic acids is 1. The van der Waals surface area contributed by atoms with Gasteiger partial charge in [0, 0.05) is 0 Å². The molecule has 0 saturated heterocycles. The molecule has 104 valence electrons. The molecular weight excluding hydrogens is 256 g/mol. The van der Waals surface area contributed by atoms with Crippen LogP contribution in [-0.2, 0) is 0 Å². The van der Waals surface area contributed by atoms with E-state index in [4.69, 9.17) is 9.84 Å². The Kier molecular flexibility index (Phi) is 4.38. The van der Waals surface area contributed by atoms with E-state index in [9.17, 15) is 9.90 Å². The average molecular weight is 272 g/mol. The van der Waals surface area contributed by atoms with Crippen LogP contribution in [0, 0.1) is 6.92 Å². The summed E-state index contributed by atoms with van der Waals surface area (Å²) >= 11 is 0. The maximum absolute atomic E-state index is 11.1. The predicted octanol–water partition coefficient (Wildman–Crippen LogP) is 2.81. The maximum atomic E-state index is 11.1. The Labute approximate surface area is 117 Å². The third kappa shape index (κ3) is 3.16. The van der Waals surface area contributed by atoms with Gasteiger partial charge in [0.2, 0.25) is 0 Å². The van der Waals surface area contributed by atoms with E-state index in [2.05, 4.69) is 0 Å². The number of aryl methyl sites for hydroxylation is 1. The first kappa shape index (κ1) is 14.1. The van der Waals surface area contributed by atoms with Gasteiger partial charge in [0.15, 0.2) is 0 Å². The van der Waals surface area contributed by atoms with Crippen molar-refractivity contribution in [3.63, 3.8) is 0 Å². The summed E-state index contributed by atoms with van der Waals surface area (Å²) in [6.07, 6.45) is -0.794. The molecule has 1 unspecified atom stereocenters. The van der Waals surface area contributed by atoms with Crippen LogP contribution in [0.3, 0.4) is 0 Å². The Hall–Kier alpha value is -2.33. The molecule has 20 heavy (non-hydrogen) atoms. The molecule has 4 nitrogen and oxygen atoms in total. The maximum Gasteiger partial charge on any atom is 0.339 e. The minimum Gasteiger partial charge on any atom is -0.489 e. The second kappa shape index (κ2) is 6.21. The van der Waals surface area contributed by atoms with Crippen LogP contribution in [0.4, 0.5) is 0 Å². The summed E-state index contributed by atoms with van der Waals surface area (Å²) in [4.78, 5) is 11.1. The van der Waals surface area contributed by atoms with E-state index in [0.29, 0.717) is 5.75 Å². The third-order valence-corrected chi connectivity index (χ3v) is 3.01. The molecule has 0 saturated carbocycles. The van der Waals surface area contributed by atoms with E-state index in [1.807, 2.05) is 18.2 Å². The fraction of sp³-hybridized carbons (Fsp3) is 0.188. The molecule has 0 spiro atoms. The zero-order chi connectivity index (χ0) is 14.5. The molecule has 1 atom stereocenters. The van der Waals surface area contributed by atoms with Gasteiger partial charge in [0.25, 0.3) is 0 Å². The molecule has 0 aromatic heterocycles. The number of rotatable bonds is 5. The van der Waals surface area contributed by atoms with Crippen molar-refractivity contribution in [1.29, 1.82) is 0 Å². The van der Waals surface area contributed by atoms with Crippen molar-refractivity contribution in [2.75, 3.05) is 6.61 Å². The summed E-state index contributed by atoms with van der Waals surface area (Å²) in [5, 5.41) is 19.2. The monoisotopic (exact) mass is 272 g/mol. The number of ether oxygens (including phenoxy) is 1. The highest BCUT2D eigenvalue weighted by molar-refractivity contribution is 5.91. The molecule has 2 N–H and O–H groups in total. The lowest BCUT2D eigenvalue weighted by Crippen LogP contribution is -2.12. The first-order chi connectivity index (χ1) is 9.59. The van der Waals surface area contributed by atoms with Crippen LogP contribution in [0.25, 0.3) is 0 Å². The van der Waals surface area contributed by atoms with Gasteiger partial charge < -0.3 is 14.9 Å². The van der Waals surface area contributed by atoms with Gasteiger partial charge >= 0.3 is 5.97 Å². The number of aliphatic hydroxyl groups is 1. The smallest absolute Gasteiger partial charge is 0.339 e. The topological polar surface area (TPSA) is 66.8 Å². The van der Waals surface area contributed by atoms with Gasteiger partial charge in [-0.15, -0.1) is 0 Å². The zero-order valence-electron chi connectivity index (χ0n) is 11.1. The Morgan fingerprint density at radius 2 is 1.85 bits per heavy atom. The Morgan fingerprint density at radius 1 is 1.15 bits per heavy atom. The quantitative estimate of drug-likeness (QED) is 0.878. The summed E-state index contributed by atoms with van der Waals surface area (Å²) in [5.74, 6) is -0.743. The number of carbonyl (C=O) groups is 1. The Balaban J connectivity index is 2.13. The van der Waals surface area contributed by atoms with Crippen molar-refractivity contribution in [3.8, 4) is 5.75 Å². The molecule has 2 rings (SSSR count). The molecule has 0 amide bonds.